The Morgan fingerprint density at radius 3 is 2.38 bits per heavy atom. The van der Waals surface area contributed by atoms with E-state index < -0.39 is 12.7 Å². The summed E-state index contributed by atoms with van der Waals surface area (Å²) < 4.78 is 47.6. The van der Waals surface area contributed by atoms with Gasteiger partial charge in [0.25, 0.3) is 0 Å². The molecule has 1 N–H and O–H groups in total. The molecule has 0 spiro atoms. The van der Waals surface area contributed by atoms with Crippen LogP contribution in [0.4, 0.5) is 13.2 Å². The van der Waals surface area contributed by atoms with E-state index in [0.29, 0.717) is 22.6 Å². The minimum Gasteiger partial charge on any atom is -0.496 e. The van der Waals surface area contributed by atoms with Gasteiger partial charge in [0, 0.05) is 34.2 Å². The first-order chi connectivity index (χ1) is 15.3. The maximum atomic E-state index is 12.6. The number of carbonyl (C=O) groups excluding carboxylic acids is 1. The predicted molar refractivity (Wildman–Crippen MR) is 120 cm³/mol. The van der Waals surface area contributed by atoms with Crippen LogP contribution >= 0.6 is 11.3 Å². The second-order valence-electron chi connectivity index (χ2n) is 6.88. The van der Waals surface area contributed by atoms with E-state index in [1.807, 2.05) is 23.6 Å². The van der Waals surface area contributed by atoms with E-state index >= 15 is 0 Å². The quantitative estimate of drug-likeness (QED) is 0.315. The fraction of sp³-hybridized carbons (Fsp3) is 0.208. The lowest BCUT2D eigenvalue weighted by molar-refractivity contribution is -0.125. The van der Waals surface area contributed by atoms with Crippen molar-refractivity contribution in [3.05, 3.63) is 76.7 Å². The predicted octanol–water partition coefficient (Wildman–Crippen LogP) is 5.98. The molecule has 0 saturated carbocycles. The van der Waals surface area contributed by atoms with Crippen LogP contribution in [0, 0.1) is 0 Å². The molecule has 0 aliphatic heterocycles. The first-order valence-corrected chi connectivity index (χ1v) is 10.6. The number of methoxy groups -OCH3 is 2. The maximum Gasteiger partial charge on any atom is 0.401 e. The summed E-state index contributed by atoms with van der Waals surface area (Å²) in [5.74, 6) is 1.01. The summed E-state index contributed by atoms with van der Waals surface area (Å²) in [6, 6.07) is 14.1. The van der Waals surface area contributed by atoms with Crippen LogP contribution in [0.1, 0.15) is 21.5 Å². The number of hydrogen-bond donors (Lipinski definition) is 1. The number of nitrogens with one attached hydrogen (secondary N) is 1. The van der Waals surface area contributed by atoms with Gasteiger partial charge in [0.1, 0.15) is 11.5 Å². The highest BCUT2D eigenvalue weighted by atomic mass is 32.1. The van der Waals surface area contributed by atoms with Crippen molar-refractivity contribution in [3.63, 3.8) is 0 Å². The summed E-state index contributed by atoms with van der Waals surface area (Å²) in [7, 11) is 3.14. The first kappa shape index (κ1) is 23.6. The second kappa shape index (κ2) is 10.5. The molecule has 0 unspecified atom stereocenters. The van der Waals surface area contributed by atoms with Crippen LogP contribution in [-0.2, 0) is 6.54 Å². The van der Waals surface area contributed by atoms with Gasteiger partial charge < -0.3 is 14.8 Å². The van der Waals surface area contributed by atoms with Gasteiger partial charge in [-0.25, -0.2) is 0 Å². The van der Waals surface area contributed by atoms with Crippen molar-refractivity contribution in [2.45, 2.75) is 12.7 Å². The van der Waals surface area contributed by atoms with Crippen LogP contribution < -0.4 is 14.8 Å². The van der Waals surface area contributed by atoms with Crippen molar-refractivity contribution in [1.29, 1.82) is 0 Å². The molecular weight excluding hydrogens is 439 g/mol. The number of alkyl halides is 3. The van der Waals surface area contributed by atoms with Crippen LogP contribution in [-0.4, -0.2) is 32.7 Å². The van der Waals surface area contributed by atoms with Crippen LogP contribution in [0.5, 0.6) is 11.5 Å². The number of hydrogen-bond acceptors (Lipinski definition) is 5. The third-order valence-electron chi connectivity index (χ3n) is 4.65. The number of carbonyl (C=O) groups is 1. The Morgan fingerprint density at radius 1 is 1.06 bits per heavy atom. The third kappa shape index (κ3) is 6.21. The van der Waals surface area contributed by atoms with Gasteiger partial charge in [-0.2, -0.15) is 13.2 Å². The lowest BCUT2D eigenvalue weighted by Crippen LogP contribution is -2.28. The van der Waals surface area contributed by atoms with E-state index in [9.17, 15) is 18.0 Å². The number of benzene rings is 2. The molecule has 3 aromatic rings. The molecule has 0 amide bonds. The molecule has 0 bridgehead atoms. The first-order valence-electron chi connectivity index (χ1n) is 9.69. The van der Waals surface area contributed by atoms with E-state index in [1.165, 1.54) is 6.08 Å². The number of halogens is 3. The Labute approximate surface area is 188 Å². The molecule has 8 heteroatoms. The molecule has 0 aliphatic rings. The summed E-state index contributed by atoms with van der Waals surface area (Å²) >= 11 is 1.58. The number of allylic oxidation sites excluding steroid dienone is 1. The van der Waals surface area contributed by atoms with Crippen molar-refractivity contribution in [1.82, 2.24) is 5.32 Å². The highest BCUT2D eigenvalue weighted by Crippen LogP contribution is 2.38. The van der Waals surface area contributed by atoms with E-state index in [-0.39, 0.29) is 12.3 Å². The molecule has 3 rings (SSSR count). The second-order valence-corrected chi connectivity index (χ2v) is 7.83. The molecular formula is C24H22F3NO3S. The van der Waals surface area contributed by atoms with Crippen molar-refractivity contribution in [3.8, 4) is 21.9 Å². The largest absolute Gasteiger partial charge is 0.496 e. The van der Waals surface area contributed by atoms with Gasteiger partial charge in [-0.15, -0.1) is 11.3 Å². The van der Waals surface area contributed by atoms with Crippen molar-refractivity contribution in [2.24, 2.45) is 0 Å². The highest BCUT2D eigenvalue weighted by Gasteiger charge is 2.26. The van der Waals surface area contributed by atoms with Gasteiger partial charge >= 0.3 is 6.18 Å². The molecule has 0 atom stereocenters. The molecule has 0 radical (unpaired) electrons. The molecule has 32 heavy (non-hydrogen) atoms. The standard InChI is InChI=1S/C24H22F3NO3S/c1-30-21-13-22(31-2)19(23-4-3-11-32-23)12-18(21)9-10-20(29)17-7-5-16(6-8-17)14-28-15-24(25,26)27/h3-13,28H,14-15H2,1-2H3/b10-9+. The van der Waals surface area contributed by atoms with Crippen LogP contribution in [0.25, 0.3) is 16.5 Å². The third-order valence-corrected chi connectivity index (χ3v) is 5.55. The topological polar surface area (TPSA) is 47.6 Å². The SMILES string of the molecule is COc1cc(OC)c(-c2cccs2)cc1/C=C/C(=O)c1ccc(CNCC(F)(F)F)cc1. The van der Waals surface area contributed by atoms with Gasteiger partial charge in [0.05, 0.1) is 20.8 Å². The zero-order valence-corrected chi connectivity index (χ0v) is 18.3. The monoisotopic (exact) mass is 461 g/mol. The van der Waals surface area contributed by atoms with Gasteiger partial charge in [0.2, 0.25) is 0 Å². The molecule has 0 saturated heterocycles. The van der Waals surface area contributed by atoms with Crippen molar-refractivity contribution in [2.75, 3.05) is 20.8 Å². The summed E-state index contributed by atoms with van der Waals surface area (Å²) in [6.45, 7) is -0.994. The number of ketones is 1. The average molecular weight is 462 g/mol. The zero-order valence-electron chi connectivity index (χ0n) is 17.5. The van der Waals surface area contributed by atoms with Gasteiger partial charge in [-0.05, 0) is 35.2 Å². The Kier molecular flexibility index (Phi) is 7.71. The lowest BCUT2D eigenvalue weighted by atomic mass is 10.0. The molecule has 168 valence electrons. The van der Waals surface area contributed by atoms with Crippen molar-refractivity contribution < 1.29 is 27.4 Å². The van der Waals surface area contributed by atoms with Gasteiger partial charge in [0.15, 0.2) is 5.78 Å². The summed E-state index contributed by atoms with van der Waals surface area (Å²) in [5, 5.41) is 4.30. The van der Waals surface area contributed by atoms with Crippen LogP contribution in [0.3, 0.4) is 0 Å². The zero-order chi connectivity index (χ0) is 23.1. The number of thiophene rings is 1. The lowest BCUT2D eigenvalue weighted by Gasteiger charge is -2.12. The Balaban J connectivity index is 1.75. The molecule has 1 heterocycles. The average Bonchev–Trinajstić information content (AvgIpc) is 3.31. The van der Waals surface area contributed by atoms with E-state index in [1.54, 1.807) is 62.0 Å². The molecule has 2 aromatic carbocycles. The normalized spacial score (nSPS) is 11.7. The summed E-state index contributed by atoms with van der Waals surface area (Å²) in [6.07, 6.45) is -1.14. The molecule has 0 aliphatic carbocycles. The summed E-state index contributed by atoms with van der Waals surface area (Å²) in [4.78, 5) is 13.6. The molecule has 0 fully saturated rings. The Bertz CT molecular complexity index is 1080. The number of ether oxygens (including phenoxy) is 2. The van der Waals surface area contributed by atoms with E-state index in [0.717, 1.165) is 16.0 Å². The minimum atomic E-state index is -4.26. The number of rotatable bonds is 9. The van der Waals surface area contributed by atoms with E-state index in [4.69, 9.17) is 9.47 Å². The Hall–Kier alpha value is -3.10. The van der Waals surface area contributed by atoms with Gasteiger partial charge in [-0.1, -0.05) is 30.3 Å². The van der Waals surface area contributed by atoms with Gasteiger partial charge in [-0.3, -0.25) is 4.79 Å². The maximum absolute atomic E-state index is 12.6. The Morgan fingerprint density at radius 2 is 1.78 bits per heavy atom. The van der Waals surface area contributed by atoms with Crippen LogP contribution in [0.15, 0.2) is 60.0 Å². The highest BCUT2D eigenvalue weighted by molar-refractivity contribution is 7.13. The summed E-state index contributed by atoms with van der Waals surface area (Å²) in [5.41, 5.74) is 2.71. The molecule has 4 nitrogen and oxygen atoms in total. The fourth-order valence-corrected chi connectivity index (χ4v) is 3.82. The smallest absolute Gasteiger partial charge is 0.401 e. The molecule has 1 aromatic heterocycles. The minimum absolute atomic E-state index is 0.0678. The van der Waals surface area contributed by atoms with Crippen LogP contribution in [0.2, 0.25) is 0 Å². The van der Waals surface area contributed by atoms with Crippen molar-refractivity contribution >= 4 is 23.2 Å². The van der Waals surface area contributed by atoms with E-state index in [2.05, 4.69) is 5.32 Å². The fourth-order valence-electron chi connectivity index (χ4n) is 3.08.